The number of nitrogens with two attached hydrogens (primary N) is 1. The van der Waals surface area contributed by atoms with Crippen LogP contribution >= 0.6 is 11.3 Å². The van der Waals surface area contributed by atoms with Crippen molar-refractivity contribution in [1.82, 2.24) is 10.3 Å². The third-order valence-corrected chi connectivity index (χ3v) is 5.28. The molecular formula is C14H24N4OS. The topological polar surface area (TPSA) is 71.2 Å². The molecule has 1 aromatic rings. The van der Waals surface area contributed by atoms with Gasteiger partial charge in [0.05, 0.1) is 0 Å². The Morgan fingerprint density at radius 3 is 2.70 bits per heavy atom. The number of hydrogen-bond acceptors (Lipinski definition) is 5. The zero-order valence-corrected chi connectivity index (χ0v) is 13.5. The molecule has 20 heavy (non-hydrogen) atoms. The highest BCUT2D eigenvalue weighted by Crippen LogP contribution is 2.36. The molecule has 112 valence electrons. The first kappa shape index (κ1) is 15.1. The summed E-state index contributed by atoms with van der Waals surface area (Å²) in [6.07, 6.45) is 4.61. The van der Waals surface area contributed by atoms with E-state index in [1.165, 1.54) is 24.2 Å². The van der Waals surface area contributed by atoms with Crippen LogP contribution < -0.4 is 16.0 Å². The fraction of sp³-hybridized carbons (Fsp3) is 0.714. The third-order valence-electron chi connectivity index (χ3n) is 4.04. The smallest absolute Gasteiger partial charge is 0.265 e. The molecule has 2 rings (SSSR count). The molecule has 1 saturated carbocycles. The highest BCUT2D eigenvalue weighted by molar-refractivity contribution is 7.18. The van der Waals surface area contributed by atoms with Gasteiger partial charge in [-0.25, -0.2) is 4.98 Å². The maximum absolute atomic E-state index is 12.4. The molecule has 5 nitrogen and oxygen atoms in total. The molecule has 0 aromatic carbocycles. The molecular weight excluding hydrogens is 272 g/mol. The van der Waals surface area contributed by atoms with Gasteiger partial charge in [0.1, 0.15) is 10.7 Å². The minimum Gasteiger partial charge on any atom is -0.382 e. The Morgan fingerprint density at radius 1 is 1.45 bits per heavy atom. The van der Waals surface area contributed by atoms with Crippen molar-refractivity contribution in [2.24, 2.45) is 5.41 Å². The van der Waals surface area contributed by atoms with E-state index < -0.39 is 0 Å². The van der Waals surface area contributed by atoms with Crippen LogP contribution in [0.25, 0.3) is 0 Å². The van der Waals surface area contributed by atoms with Crippen LogP contribution in [0, 0.1) is 5.41 Å². The van der Waals surface area contributed by atoms with Gasteiger partial charge in [-0.15, -0.1) is 0 Å². The van der Waals surface area contributed by atoms with Gasteiger partial charge in [-0.1, -0.05) is 38.0 Å². The fourth-order valence-electron chi connectivity index (χ4n) is 2.66. The van der Waals surface area contributed by atoms with Gasteiger partial charge in [0.25, 0.3) is 5.91 Å². The van der Waals surface area contributed by atoms with E-state index in [0.29, 0.717) is 10.7 Å². The number of carbonyl (C=O) groups is 1. The molecule has 1 heterocycles. The molecule has 6 heteroatoms. The van der Waals surface area contributed by atoms with Gasteiger partial charge in [0.2, 0.25) is 0 Å². The maximum Gasteiger partial charge on any atom is 0.265 e. The molecule has 0 aliphatic heterocycles. The lowest BCUT2D eigenvalue weighted by molar-refractivity contribution is 0.0858. The maximum atomic E-state index is 12.4. The normalized spacial score (nSPS) is 21.5. The van der Waals surface area contributed by atoms with E-state index in [9.17, 15) is 4.79 Å². The van der Waals surface area contributed by atoms with Crippen molar-refractivity contribution in [2.75, 3.05) is 24.7 Å². The van der Waals surface area contributed by atoms with Crippen molar-refractivity contribution >= 4 is 28.2 Å². The van der Waals surface area contributed by atoms with Gasteiger partial charge in [0, 0.05) is 20.1 Å². The summed E-state index contributed by atoms with van der Waals surface area (Å²) in [5, 5.41) is 3.91. The van der Waals surface area contributed by atoms with Gasteiger partial charge in [-0.3, -0.25) is 4.79 Å². The Labute approximate surface area is 124 Å². The molecule has 1 amide bonds. The molecule has 1 fully saturated rings. The average Bonchev–Trinajstić information content (AvgIpc) is 2.74. The summed E-state index contributed by atoms with van der Waals surface area (Å²) in [5.74, 6) is 0.234. The molecule has 1 aromatic heterocycles. The summed E-state index contributed by atoms with van der Waals surface area (Å²) in [6.45, 7) is 4.44. The Morgan fingerprint density at radius 2 is 2.15 bits per heavy atom. The van der Waals surface area contributed by atoms with Crippen LogP contribution in [0.3, 0.4) is 0 Å². The monoisotopic (exact) mass is 296 g/mol. The van der Waals surface area contributed by atoms with Gasteiger partial charge >= 0.3 is 0 Å². The van der Waals surface area contributed by atoms with E-state index in [0.717, 1.165) is 18.0 Å². The molecule has 1 aliphatic carbocycles. The minimum atomic E-state index is -0.0897. The van der Waals surface area contributed by atoms with Crippen molar-refractivity contribution in [1.29, 1.82) is 0 Å². The Kier molecular flexibility index (Phi) is 4.22. The molecule has 0 bridgehead atoms. The Hall–Kier alpha value is -1.30. The first-order valence-electron chi connectivity index (χ1n) is 7.06. The highest BCUT2D eigenvalue weighted by Gasteiger charge is 2.34. The van der Waals surface area contributed by atoms with E-state index >= 15 is 0 Å². The van der Waals surface area contributed by atoms with Crippen LogP contribution in [0.15, 0.2) is 0 Å². The lowest BCUT2D eigenvalue weighted by Gasteiger charge is -2.38. The predicted octanol–water partition coefficient (Wildman–Crippen LogP) is 2.49. The first-order chi connectivity index (χ1) is 9.31. The number of carbonyl (C=O) groups excluding carboxylic acids is 1. The second-order valence-corrected chi connectivity index (χ2v) is 7.34. The van der Waals surface area contributed by atoms with E-state index in [2.05, 4.69) is 24.1 Å². The number of nitrogen functional groups attached to an aromatic ring is 1. The van der Waals surface area contributed by atoms with E-state index in [-0.39, 0.29) is 17.4 Å². The standard InChI is InChI=1S/C14H24N4OS/c1-14(2)8-6-5-7-9(14)16-12(19)10-11(15)17-13(20-10)18(3)4/h9H,5-8,15H2,1-4H3,(H,16,19). The van der Waals surface area contributed by atoms with Crippen LogP contribution in [-0.4, -0.2) is 31.0 Å². The van der Waals surface area contributed by atoms with Crippen LogP contribution in [0.1, 0.15) is 49.2 Å². The molecule has 3 N–H and O–H groups in total. The van der Waals surface area contributed by atoms with Gasteiger partial charge < -0.3 is 16.0 Å². The number of nitrogens with zero attached hydrogens (tertiary/aromatic N) is 2. The van der Waals surface area contributed by atoms with E-state index in [1.54, 1.807) is 0 Å². The van der Waals surface area contributed by atoms with Crippen LogP contribution in [-0.2, 0) is 0 Å². The molecule has 0 spiro atoms. The second kappa shape index (κ2) is 5.60. The summed E-state index contributed by atoms with van der Waals surface area (Å²) in [6, 6.07) is 0.216. The quantitative estimate of drug-likeness (QED) is 0.899. The predicted molar refractivity (Wildman–Crippen MR) is 84.4 cm³/mol. The van der Waals surface area contributed by atoms with Crippen molar-refractivity contribution in [3.05, 3.63) is 4.88 Å². The van der Waals surface area contributed by atoms with E-state index in [4.69, 9.17) is 5.73 Å². The number of amides is 1. The summed E-state index contributed by atoms with van der Waals surface area (Å²) >= 11 is 1.34. The summed E-state index contributed by atoms with van der Waals surface area (Å²) in [4.78, 5) is 19.0. The lowest BCUT2D eigenvalue weighted by Crippen LogP contribution is -2.46. The fourth-order valence-corrected chi connectivity index (χ4v) is 3.47. The lowest BCUT2D eigenvalue weighted by atomic mass is 9.73. The Bertz CT molecular complexity index is 495. The number of nitrogens with one attached hydrogen (secondary N) is 1. The Balaban J connectivity index is 2.12. The second-order valence-electron chi connectivity index (χ2n) is 6.37. The first-order valence-corrected chi connectivity index (χ1v) is 7.87. The summed E-state index contributed by atoms with van der Waals surface area (Å²) in [7, 11) is 3.79. The van der Waals surface area contributed by atoms with Crippen LogP contribution in [0.4, 0.5) is 10.9 Å². The number of aromatic nitrogens is 1. The van der Waals surface area contributed by atoms with Crippen LogP contribution in [0.5, 0.6) is 0 Å². The summed E-state index contributed by atoms with van der Waals surface area (Å²) in [5.41, 5.74) is 6.02. The van der Waals surface area contributed by atoms with Crippen LogP contribution in [0.2, 0.25) is 0 Å². The number of hydrogen-bond donors (Lipinski definition) is 2. The molecule has 1 atom stereocenters. The third kappa shape index (κ3) is 3.06. The number of anilines is 2. The average molecular weight is 296 g/mol. The van der Waals surface area contributed by atoms with Crippen molar-refractivity contribution in [3.8, 4) is 0 Å². The highest BCUT2D eigenvalue weighted by atomic mass is 32.1. The van der Waals surface area contributed by atoms with Crippen molar-refractivity contribution < 1.29 is 4.79 Å². The SMILES string of the molecule is CN(C)c1nc(N)c(C(=O)NC2CCCCC2(C)C)s1. The minimum absolute atomic E-state index is 0.0897. The number of thiazole rings is 1. The largest absolute Gasteiger partial charge is 0.382 e. The number of rotatable bonds is 3. The molecule has 1 aliphatic rings. The van der Waals surface area contributed by atoms with Gasteiger partial charge in [0.15, 0.2) is 5.13 Å². The van der Waals surface area contributed by atoms with E-state index in [1.807, 2.05) is 19.0 Å². The molecule has 0 radical (unpaired) electrons. The molecule has 1 unspecified atom stereocenters. The van der Waals surface area contributed by atoms with Gasteiger partial charge in [-0.2, -0.15) is 0 Å². The van der Waals surface area contributed by atoms with Gasteiger partial charge in [-0.05, 0) is 18.3 Å². The molecule has 0 saturated heterocycles. The zero-order valence-electron chi connectivity index (χ0n) is 12.7. The zero-order chi connectivity index (χ0) is 14.9. The summed E-state index contributed by atoms with van der Waals surface area (Å²) < 4.78 is 0. The van der Waals surface area contributed by atoms with Crippen molar-refractivity contribution in [2.45, 2.75) is 45.6 Å². The van der Waals surface area contributed by atoms with Crippen molar-refractivity contribution in [3.63, 3.8) is 0 Å².